The first-order valence-electron chi connectivity index (χ1n) is 4.99. The zero-order valence-corrected chi connectivity index (χ0v) is 10.6. The van der Waals surface area contributed by atoms with E-state index >= 15 is 0 Å². The Morgan fingerprint density at radius 2 is 1.50 bits per heavy atom. The van der Waals surface area contributed by atoms with E-state index < -0.39 is 23.1 Å². The number of nitrogens with zero attached hydrogens (tertiary/aromatic N) is 1. The van der Waals surface area contributed by atoms with E-state index in [1.54, 1.807) is 41.5 Å². The van der Waals surface area contributed by atoms with E-state index in [1.165, 1.54) is 0 Å². The topological polar surface area (TPSA) is 76.0 Å². The van der Waals surface area contributed by atoms with Gasteiger partial charge in [0.15, 0.2) is 0 Å². The molecule has 0 aromatic heterocycles. The van der Waals surface area contributed by atoms with Crippen LogP contribution in [0.25, 0.3) is 0 Å². The molecule has 0 aliphatic rings. The van der Waals surface area contributed by atoms with E-state index in [0.29, 0.717) is 0 Å². The van der Waals surface area contributed by atoms with Crippen molar-refractivity contribution in [2.24, 2.45) is 10.4 Å². The van der Waals surface area contributed by atoms with Gasteiger partial charge in [-0.3, -0.25) is 0 Å². The molecular formula is C11H19NO4. The number of rotatable bonds is 1. The molecule has 0 radical (unpaired) electrons. The monoisotopic (exact) mass is 229 g/mol. The summed E-state index contributed by atoms with van der Waals surface area (Å²) in [5.41, 5.74) is -1.59. The fourth-order valence-electron chi connectivity index (χ4n) is 0.912. The van der Waals surface area contributed by atoms with Gasteiger partial charge in [-0.05, 0) is 20.8 Å². The molecule has 0 bridgehead atoms. The molecule has 1 N–H and O–H groups in total. The first-order valence-corrected chi connectivity index (χ1v) is 4.99. The molecular weight excluding hydrogens is 210 g/mol. The lowest BCUT2D eigenvalue weighted by molar-refractivity contribution is -0.129. The Labute approximate surface area is 95.5 Å². The van der Waals surface area contributed by atoms with Crippen molar-refractivity contribution in [2.45, 2.75) is 47.1 Å². The molecule has 0 atom stereocenters. The molecule has 0 rings (SSSR count). The minimum atomic E-state index is -1.21. The van der Waals surface area contributed by atoms with Crippen LogP contribution in [0, 0.1) is 5.41 Å². The number of carbonyl (C=O) groups excluding carboxylic acids is 1. The van der Waals surface area contributed by atoms with Crippen LogP contribution in [0.5, 0.6) is 0 Å². The molecule has 0 fully saturated rings. The summed E-state index contributed by atoms with van der Waals surface area (Å²) in [6, 6.07) is 0. The number of carboxylic acids is 1. The number of hydrogen-bond donors (Lipinski definition) is 1. The Kier molecular flexibility index (Phi) is 4.23. The van der Waals surface area contributed by atoms with Crippen LogP contribution in [-0.2, 0) is 9.53 Å². The predicted molar refractivity (Wildman–Crippen MR) is 60.8 cm³/mol. The van der Waals surface area contributed by atoms with Gasteiger partial charge in [-0.1, -0.05) is 20.8 Å². The third-order valence-corrected chi connectivity index (χ3v) is 1.51. The largest absolute Gasteiger partial charge is 0.477 e. The fourth-order valence-corrected chi connectivity index (χ4v) is 0.912. The molecule has 5 heteroatoms. The summed E-state index contributed by atoms with van der Waals surface area (Å²) >= 11 is 0. The highest BCUT2D eigenvalue weighted by Crippen LogP contribution is 2.17. The van der Waals surface area contributed by atoms with Gasteiger partial charge in [0.1, 0.15) is 11.3 Å². The summed E-state index contributed by atoms with van der Waals surface area (Å²) < 4.78 is 4.92. The van der Waals surface area contributed by atoms with E-state index in [1.807, 2.05) is 0 Å². The third-order valence-electron chi connectivity index (χ3n) is 1.51. The second-order valence-corrected chi connectivity index (χ2v) is 5.50. The van der Waals surface area contributed by atoms with Crippen LogP contribution >= 0.6 is 0 Å². The highest BCUT2D eigenvalue weighted by Gasteiger charge is 2.28. The minimum absolute atomic E-state index is 0.207. The van der Waals surface area contributed by atoms with Gasteiger partial charge in [0.05, 0.1) is 0 Å². The summed E-state index contributed by atoms with van der Waals surface area (Å²) in [4.78, 5) is 25.7. The molecule has 0 unspecified atom stereocenters. The van der Waals surface area contributed by atoms with Crippen LogP contribution in [0.15, 0.2) is 4.99 Å². The average Bonchev–Trinajstić information content (AvgIpc) is 1.93. The van der Waals surface area contributed by atoms with Gasteiger partial charge in [0.25, 0.3) is 0 Å². The predicted octanol–water partition coefficient (Wildman–Crippen LogP) is 2.49. The molecule has 92 valence electrons. The van der Waals surface area contributed by atoms with Gasteiger partial charge in [-0.15, -0.1) is 0 Å². The van der Waals surface area contributed by atoms with Crippen molar-refractivity contribution in [1.29, 1.82) is 0 Å². The van der Waals surface area contributed by atoms with E-state index in [9.17, 15) is 9.59 Å². The smallest absolute Gasteiger partial charge is 0.434 e. The number of aliphatic imine (C=N–C) groups is 1. The van der Waals surface area contributed by atoms with Crippen LogP contribution < -0.4 is 0 Å². The first-order chi connectivity index (χ1) is 6.93. The lowest BCUT2D eigenvalue weighted by atomic mass is 9.90. The minimum Gasteiger partial charge on any atom is -0.477 e. The normalized spacial score (nSPS) is 13.5. The van der Waals surface area contributed by atoms with Crippen LogP contribution in [-0.4, -0.2) is 28.5 Å². The Balaban J connectivity index is 4.97. The second-order valence-electron chi connectivity index (χ2n) is 5.50. The van der Waals surface area contributed by atoms with Crippen molar-refractivity contribution in [2.75, 3.05) is 0 Å². The van der Waals surface area contributed by atoms with E-state index in [0.717, 1.165) is 0 Å². The lowest BCUT2D eigenvalue weighted by Crippen LogP contribution is -2.31. The number of carboxylic acid groups (broad SMARTS) is 1. The van der Waals surface area contributed by atoms with E-state index in [-0.39, 0.29) is 5.71 Å². The van der Waals surface area contributed by atoms with Crippen molar-refractivity contribution >= 4 is 17.8 Å². The maximum Gasteiger partial charge on any atom is 0.434 e. The van der Waals surface area contributed by atoms with Crippen molar-refractivity contribution in [3.05, 3.63) is 0 Å². The maximum absolute atomic E-state index is 11.3. The molecule has 0 saturated heterocycles. The van der Waals surface area contributed by atoms with Gasteiger partial charge < -0.3 is 9.84 Å². The SMILES string of the molecule is CC(C)(C)OC(=O)N=C(C(=O)O)C(C)(C)C. The zero-order valence-electron chi connectivity index (χ0n) is 10.6. The van der Waals surface area contributed by atoms with Gasteiger partial charge in [0, 0.05) is 5.41 Å². The Morgan fingerprint density at radius 3 is 1.75 bits per heavy atom. The molecule has 0 spiro atoms. The van der Waals surface area contributed by atoms with Gasteiger partial charge >= 0.3 is 12.1 Å². The number of hydrogen-bond acceptors (Lipinski definition) is 3. The van der Waals surface area contributed by atoms with Crippen molar-refractivity contribution in [1.82, 2.24) is 0 Å². The molecule has 0 aromatic carbocycles. The second kappa shape index (κ2) is 4.63. The van der Waals surface area contributed by atoms with E-state index in [2.05, 4.69) is 4.99 Å². The van der Waals surface area contributed by atoms with Crippen LogP contribution in [0.3, 0.4) is 0 Å². The zero-order chi connectivity index (χ0) is 13.1. The summed E-state index contributed by atoms with van der Waals surface area (Å²) in [5, 5.41) is 8.92. The van der Waals surface area contributed by atoms with Crippen molar-refractivity contribution in [3.63, 3.8) is 0 Å². The molecule has 16 heavy (non-hydrogen) atoms. The van der Waals surface area contributed by atoms with Crippen molar-refractivity contribution in [3.8, 4) is 0 Å². The lowest BCUT2D eigenvalue weighted by Gasteiger charge is -2.20. The summed E-state index contributed by atoms with van der Waals surface area (Å²) in [5.74, 6) is -1.21. The standard InChI is InChI=1S/C11H19NO4/c1-10(2,3)7(8(13)14)12-9(15)16-11(4,5)6/h1-6H3,(H,13,14). The highest BCUT2D eigenvalue weighted by molar-refractivity contribution is 6.38. The maximum atomic E-state index is 11.3. The molecule has 0 aliphatic carbocycles. The Morgan fingerprint density at radius 1 is 1.06 bits per heavy atom. The number of ether oxygens (including phenoxy) is 1. The van der Waals surface area contributed by atoms with Gasteiger partial charge in [-0.25, -0.2) is 9.59 Å². The average molecular weight is 229 g/mol. The Bertz CT molecular complexity index is 318. The van der Waals surface area contributed by atoms with Gasteiger partial charge in [0.2, 0.25) is 0 Å². The molecule has 0 heterocycles. The molecule has 5 nitrogen and oxygen atoms in total. The molecule has 0 aliphatic heterocycles. The number of carbonyl (C=O) groups is 2. The third kappa shape index (κ3) is 5.48. The fraction of sp³-hybridized carbons (Fsp3) is 0.727. The molecule has 1 amide bonds. The molecule has 0 saturated carbocycles. The number of amides is 1. The number of aliphatic carboxylic acids is 1. The Hall–Kier alpha value is -1.39. The van der Waals surface area contributed by atoms with Crippen LogP contribution in [0.2, 0.25) is 0 Å². The van der Waals surface area contributed by atoms with Crippen LogP contribution in [0.1, 0.15) is 41.5 Å². The highest BCUT2D eigenvalue weighted by atomic mass is 16.6. The first kappa shape index (κ1) is 14.6. The van der Waals surface area contributed by atoms with Crippen LogP contribution in [0.4, 0.5) is 4.79 Å². The van der Waals surface area contributed by atoms with Gasteiger partial charge in [-0.2, -0.15) is 4.99 Å². The molecule has 0 aromatic rings. The summed E-state index contributed by atoms with van der Waals surface area (Å²) in [7, 11) is 0. The summed E-state index contributed by atoms with van der Waals surface area (Å²) in [6.07, 6.45) is -0.875. The summed E-state index contributed by atoms with van der Waals surface area (Å²) in [6.45, 7) is 10.1. The quantitative estimate of drug-likeness (QED) is 0.701. The van der Waals surface area contributed by atoms with Crippen molar-refractivity contribution < 1.29 is 19.4 Å². The van der Waals surface area contributed by atoms with E-state index in [4.69, 9.17) is 9.84 Å².